The molecular weight excluding hydrogens is 327 g/mol. The van der Waals surface area contributed by atoms with E-state index in [4.69, 9.17) is 4.74 Å². The van der Waals surface area contributed by atoms with Crippen LogP contribution < -0.4 is 10.6 Å². The van der Waals surface area contributed by atoms with E-state index in [1.807, 2.05) is 35.0 Å². The molecular formula is C14H20Cl2N4O2. The van der Waals surface area contributed by atoms with Crippen LogP contribution in [0.3, 0.4) is 0 Å². The Morgan fingerprint density at radius 2 is 2.32 bits per heavy atom. The molecule has 1 aliphatic heterocycles. The number of nitrogens with zero attached hydrogens (tertiary/aromatic N) is 2. The average Bonchev–Trinajstić information content (AvgIpc) is 2.90. The predicted molar refractivity (Wildman–Crippen MR) is 89.0 cm³/mol. The van der Waals surface area contributed by atoms with Crippen LogP contribution in [-0.2, 0) is 16.0 Å². The highest BCUT2D eigenvalue weighted by Crippen LogP contribution is 2.04. The Balaban J connectivity index is 0.00000121. The first kappa shape index (κ1) is 18.7. The molecule has 2 aromatic heterocycles. The fraction of sp³-hybridized carbons (Fsp3) is 0.429. The van der Waals surface area contributed by atoms with Crippen LogP contribution in [0.2, 0.25) is 0 Å². The van der Waals surface area contributed by atoms with Crippen molar-refractivity contribution in [1.29, 1.82) is 0 Å². The van der Waals surface area contributed by atoms with E-state index < -0.39 is 0 Å². The summed E-state index contributed by atoms with van der Waals surface area (Å²) in [5.74, 6) is -0.00605. The lowest BCUT2D eigenvalue weighted by Crippen LogP contribution is -2.51. The van der Waals surface area contributed by atoms with E-state index in [9.17, 15) is 4.79 Å². The Morgan fingerprint density at radius 1 is 1.45 bits per heavy atom. The Hall–Kier alpha value is -1.34. The van der Waals surface area contributed by atoms with Gasteiger partial charge in [0, 0.05) is 31.9 Å². The zero-order chi connectivity index (χ0) is 13.8. The van der Waals surface area contributed by atoms with Gasteiger partial charge >= 0.3 is 0 Å². The molecule has 8 heteroatoms. The van der Waals surface area contributed by atoms with Crippen molar-refractivity contribution in [3.05, 3.63) is 36.3 Å². The third-order valence-electron chi connectivity index (χ3n) is 3.33. The van der Waals surface area contributed by atoms with Gasteiger partial charge in [-0.3, -0.25) is 4.79 Å². The molecule has 22 heavy (non-hydrogen) atoms. The van der Waals surface area contributed by atoms with Gasteiger partial charge in [-0.25, -0.2) is 4.98 Å². The quantitative estimate of drug-likeness (QED) is 0.860. The molecule has 0 saturated carbocycles. The summed E-state index contributed by atoms with van der Waals surface area (Å²) in [5, 5.41) is 6.05. The summed E-state index contributed by atoms with van der Waals surface area (Å²) in [6, 6.07) is 5.66. The molecule has 0 aromatic carbocycles. The number of ether oxygens (including phenoxy) is 1. The molecule has 0 aliphatic carbocycles. The second kappa shape index (κ2) is 8.95. The molecule has 0 spiro atoms. The number of nitrogens with one attached hydrogen (secondary N) is 2. The number of carbonyl (C=O) groups excluding carboxylic acids is 1. The van der Waals surface area contributed by atoms with Gasteiger partial charge in [-0.15, -0.1) is 24.8 Å². The van der Waals surface area contributed by atoms with Gasteiger partial charge in [-0.05, 0) is 12.1 Å². The Kier molecular flexibility index (Phi) is 7.61. The van der Waals surface area contributed by atoms with Crippen LogP contribution in [0.15, 0.2) is 30.6 Å². The van der Waals surface area contributed by atoms with Crippen molar-refractivity contribution in [2.75, 3.05) is 26.3 Å². The number of morpholine rings is 1. The molecule has 1 unspecified atom stereocenters. The van der Waals surface area contributed by atoms with E-state index in [0.29, 0.717) is 19.8 Å². The molecule has 122 valence electrons. The largest absolute Gasteiger partial charge is 0.378 e. The molecule has 1 amide bonds. The van der Waals surface area contributed by atoms with Gasteiger partial charge in [-0.2, -0.15) is 0 Å². The smallest absolute Gasteiger partial charge is 0.239 e. The predicted octanol–water partition coefficient (Wildman–Crippen LogP) is 0.825. The summed E-state index contributed by atoms with van der Waals surface area (Å²) in [7, 11) is 0. The number of pyridine rings is 1. The summed E-state index contributed by atoms with van der Waals surface area (Å²) in [4.78, 5) is 16.4. The molecule has 2 N–H and O–H groups in total. The summed E-state index contributed by atoms with van der Waals surface area (Å²) in [6.07, 6.45) is 4.68. The van der Waals surface area contributed by atoms with Gasteiger partial charge in [-0.1, -0.05) is 6.07 Å². The van der Waals surface area contributed by atoms with Crippen molar-refractivity contribution >= 4 is 36.4 Å². The summed E-state index contributed by atoms with van der Waals surface area (Å²) in [5.41, 5.74) is 1.90. The van der Waals surface area contributed by atoms with E-state index >= 15 is 0 Å². The maximum Gasteiger partial charge on any atom is 0.239 e. The number of fused-ring (bicyclic) bond motifs is 1. The van der Waals surface area contributed by atoms with Gasteiger partial charge in [0.15, 0.2) is 0 Å². The van der Waals surface area contributed by atoms with E-state index in [1.165, 1.54) is 0 Å². The van der Waals surface area contributed by atoms with Crippen molar-refractivity contribution in [3.63, 3.8) is 0 Å². The van der Waals surface area contributed by atoms with E-state index in [-0.39, 0.29) is 36.8 Å². The number of halogens is 2. The molecule has 1 aliphatic rings. The van der Waals surface area contributed by atoms with Crippen LogP contribution in [0.25, 0.3) is 5.65 Å². The molecule has 1 atom stereocenters. The number of hydrogen-bond donors (Lipinski definition) is 2. The third kappa shape index (κ3) is 4.58. The zero-order valence-corrected chi connectivity index (χ0v) is 13.7. The van der Waals surface area contributed by atoms with Gasteiger partial charge in [0.1, 0.15) is 11.7 Å². The number of aromatic nitrogens is 2. The second-order valence-electron chi connectivity index (χ2n) is 4.82. The molecule has 1 fully saturated rings. The van der Waals surface area contributed by atoms with Gasteiger partial charge in [0.2, 0.25) is 5.91 Å². The molecule has 0 radical (unpaired) electrons. The van der Waals surface area contributed by atoms with Crippen molar-refractivity contribution in [2.24, 2.45) is 0 Å². The summed E-state index contributed by atoms with van der Waals surface area (Å²) in [6.45, 7) is 2.43. The number of carbonyl (C=O) groups is 1. The molecule has 2 aromatic rings. The first-order valence-electron chi connectivity index (χ1n) is 6.84. The first-order valence-corrected chi connectivity index (χ1v) is 6.84. The van der Waals surface area contributed by atoms with Crippen molar-refractivity contribution < 1.29 is 9.53 Å². The Bertz CT molecular complexity index is 566. The van der Waals surface area contributed by atoms with Crippen LogP contribution in [0, 0.1) is 0 Å². The minimum Gasteiger partial charge on any atom is -0.378 e. The lowest BCUT2D eigenvalue weighted by Gasteiger charge is -2.22. The number of imidazole rings is 1. The van der Waals surface area contributed by atoms with Crippen LogP contribution in [0.4, 0.5) is 0 Å². The highest BCUT2D eigenvalue weighted by atomic mass is 35.5. The number of hydrogen-bond acceptors (Lipinski definition) is 4. The molecule has 3 rings (SSSR count). The maximum absolute atomic E-state index is 11.9. The third-order valence-corrected chi connectivity index (χ3v) is 3.33. The minimum atomic E-state index is -0.232. The van der Waals surface area contributed by atoms with Crippen LogP contribution in [0.1, 0.15) is 5.69 Å². The lowest BCUT2D eigenvalue weighted by atomic mass is 10.2. The molecule has 0 bridgehead atoms. The standard InChI is InChI=1S/C14H18N4O2.2ClH/c19-14(12-10-20-8-6-15-12)16-5-4-11-9-18-7-2-1-3-13(18)17-11;;/h1-3,7,9,12,15H,4-6,8,10H2,(H,16,19);2*1H. The fourth-order valence-electron chi connectivity index (χ4n) is 2.28. The highest BCUT2D eigenvalue weighted by Gasteiger charge is 2.20. The first-order chi connectivity index (χ1) is 9.83. The van der Waals surface area contributed by atoms with E-state index in [2.05, 4.69) is 15.6 Å². The zero-order valence-electron chi connectivity index (χ0n) is 12.0. The number of amides is 1. The van der Waals surface area contributed by atoms with E-state index in [1.54, 1.807) is 0 Å². The van der Waals surface area contributed by atoms with Gasteiger partial charge < -0.3 is 19.8 Å². The van der Waals surface area contributed by atoms with Crippen LogP contribution in [0.5, 0.6) is 0 Å². The molecule has 6 nitrogen and oxygen atoms in total. The molecule has 3 heterocycles. The van der Waals surface area contributed by atoms with Crippen LogP contribution >= 0.6 is 24.8 Å². The van der Waals surface area contributed by atoms with Crippen molar-refractivity contribution in [3.8, 4) is 0 Å². The highest BCUT2D eigenvalue weighted by molar-refractivity contribution is 5.85. The maximum atomic E-state index is 11.9. The summed E-state index contributed by atoms with van der Waals surface area (Å²) < 4.78 is 7.25. The van der Waals surface area contributed by atoms with Crippen molar-refractivity contribution in [2.45, 2.75) is 12.5 Å². The van der Waals surface area contributed by atoms with Crippen LogP contribution in [-0.4, -0.2) is 47.6 Å². The molecule has 1 saturated heterocycles. The Morgan fingerprint density at radius 3 is 3.05 bits per heavy atom. The van der Waals surface area contributed by atoms with Gasteiger partial charge in [0.05, 0.1) is 18.9 Å². The monoisotopic (exact) mass is 346 g/mol. The second-order valence-corrected chi connectivity index (χ2v) is 4.82. The lowest BCUT2D eigenvalue weighted by molar-refractivity contribution is -0.125. The minimum absolute atomic E-state index is 0. The number of rotatable bonds is 4. The van der Waals surface area contributed by atoms with Crippen molar-refractivity contribution in [1.82, 2.24) is 20.0 Å². The average molecular weight is 347 g/mol. The van der Waals surface area contributed by atoms with E-state index in [0.717, 1.165) is 24.3 Å². The normalized spacial score (nSPS) is 17.4. The fourth-order valence-corrected chi connectivity index (χ4v) is 2.28. The van der Waals surface area contributed by atoms with Gasteiger partial charge in [0.25, 0.3) is 0 Å². The SMILES string of the molecule is Cl.Cl.O=C(NCCc1cn2ccccc2n1)C1COCCN1. The summed E-state index contributed by atoms with van der Waals surface area (Å²) >= 11 is 0. The topological polar surface area (TPSA) is 67.7 Å². The Labute approximate surface area is 141 Å².